The van der Waals surface area contributed by atoms with Crippen LogP contribution in [0.5, 0.6) is 17.2 Å². The second-order valence-electron chi connectivity index (χ2n) is 6.85. The maximum Gasteiger partial charge on any atom is 0.231 e. The zero-order valence-corrected chi connectivity index (χ0v) is 15.3. The molecule has 4 rings (SSSR count). The van der Waals surface area contributed by atoms with Gasteiger partial charge >= 0.3 is 0 Å². The van der Waals surface area contributed by atoms with Gasteiger partial charge in [-0.05, 0) is 49.6 Å². The molecule has 1 unspecified atom stereocenters. The number of ether oxygens (including phenoxy) is 4. The van der Waals surface area contributed by atoms with E-state index in [-0.39, 0.29) is 12.9 Å². The molecule has 1 aromatic heterocycles. The molecule has 1 fully saturated rings. The average Bonchev–Trinajstić information content (AvgIpc) is 3.36. The van der Waals surface area contributed by atoms with Crippen molar-refractivity contribution >= 4 is 0 Å². The molecule has 1 aromatic carbocycles. The van der Waals surface area contributed by atoms with Crippen LogP contribution in [-0.2, 0) is 17.8 Å². The van der Waals surface area contributed by atoms with E-state index >= 15 is 0 Å². The summed E-state index contributed by atoms with van der Waals surface area (Å²) >= 11 is 0. The number of hydrogen-bond donors (Lipinski definition) is 0. The Morgan fingerprint density at radius 1 is 1.19 bits per heavy atom. The lowest BCUT2D eigenvalue weighted by Crippen LogP contribution is -2.31. The van der Waals surface area contributed by atoms with Gasteiger partial charge in [-0.15, -0.1) is 0 Å². The van der Waals surface area contributed by atoms with Gasteiger partial charge in [0, 0.05) is 19.7 Å². The molecule has 0 bridgehead atoms. The molecular formula is C20H25NO5. The highest BCUT2D eigenvalue weighted by Crippen LogP contribution is 2.42. The molecule has 26 heavy (non-hydrogen) atoms. The maximum atomic E-state index is 5.84. The second-order valence-corrected chi connectivity index (χ2v) is 6.85. The van der Waals surface area contributed by atoms with Crippen LogP contribution in [0.15, 0.2) is 28.7 Å². The minimum atomic E-state index is 0.237. The summed E-state index contributed by atoms with van der Waals surface area (Å²) in [6, 6.07) is 8.09. The SMILES string of the molecule is COc1cc(CN(Cc2ccc(C)o2)CC2CCCO2)cc2c1OCO2. The Bertz CT molecular complexity index is 751. The molecule has 0 radical (unpaired) electrons. The van der Waals surface area contributed by atoms with Crippen molar-refractivity contribution < 1.29 is 23.4 Å². The third kappa shape index (κ3) is 3.81. The lowest BCUT2D eigenvalue weighted by Gasteiger charge is -2.24. The number of aryl methyl sites for hydroxylation is 1. The lowest BCUT2D eigenvalue weighted by molar-refractivity contribution is 0.0654. The van der Waals surface area contributed by atoms with Crippen LogP contribution in [0.3, 0.4) is 0 Å². The van der Waals surface area contributed by atoms with Crippen LogP contribution < -0.4 is 14.2 Å². The normalized spacial score (nSPS) is 18.7. The molecule has 2 aromatic rings. The van der Waals surface area contributed by atoms with Crippen LogP contribution in [0.25, 0.3) is 0 Å². The predicted molar refractivity (Wildman–Crippen MR) is 95.7 cm³/mol. The van der Waals surface area contributed by atoms with Gasteiger partial charge < -0.3 is 23.4 Å². The number of benzene rings is 1. The minimum Gasteiger partial charge on any atom is -0.493 e. The van der Waals surface area contributed by atoms with Gasteiger partial charge in [0.05, 0.1) is 19.8 Å². The number of methoxy groups -OCH3 is 1. The van der Waals surface area contributed by atoms with Crippen molar-refractivity contribution in [1.29, 1.82) is 0 Å². The van der Waals surface area contributed by atoms with Gasteiger partial charge in [-0.25, -0.2) is 0 Å². The van der Waals surface area contributed by atoms with E-state index in [1.165, 1.54) is 0 Å². The van der Waals surface area contributed by atoms with Crippen LogP contribution in [0.2, 0.25) is 0 Å². The molecule has 0 spiro atoms. The van der Waals surface area contributed by atoms with Crippen molar-refractivity contribution in [3.63, 3.8) is 0 Å². The molecule has 0 N–H and O–H groups in total. The van der Waals surface area contributed by atoms with E-state index in [9.17, 15) is 0 Å². The average molecular weight is 359 g/mol. The van der Waals surface area contributed by atoms with Crippen LogP contribution in [0.4, 0.5) is 0 Å². The van der Waals surface area contributed by atoms with Gasteiger partial charge in [0.2, 0.25) is 12.5 Å². The maximum absolute atomic E-state index is 5.84. The van der Waals surface area contributed by atoms with E-state index in [0.29, 0.717) is 11.5 Å². The number of nitrogens with zero attached hydrogens (tertiary/aromatic N) is 1. The van der Waals surface area contributed by atoms with Crippen molar-refractivity contribution in [1.82, 2.24) is 4.90 Å². The molecule has 0 saturated carbocycles. The Balaban J connectivity index is 1.53. The van der Waals surface area contributed by atoms with Gasteiger partial charge in [0.15, 0.2) is 11.5 Å². The highest BCUT2D eigenvalue weighted by molar-refractivity contribution is 5.55. The lowest BCUT2D eigenvalue weighted by atomic mass is 10.1. The highest BCUT2D eigenvalue weighted by atomic mass is 16.7. The second kappa shape index (κ2) is 7.60. The van der Waals surface area contributed by atoms with E-state index in [1.807, 2.05) is 31.2 Å². The summed E-state index contributed by atoms with van der Waals surface area (Å²) in [6.45, 7) is 5.43. The third-order valence-corrected chi connectivity index (χ3v) is 4.79. The summed E-state index contributed by atoms with van der Waals surface area (Å²) in [5.41, 5.74) is 1.12. The number of furan rings is 1. The smallest absolute Gasteiger partial charge is 0.231 e. The molecule has 2 aliphatic heterocycles. The summed E-state index contributed by atoms with van der Waals surface area (Å²) in [5.74, 6) is 4.03. The summed E-state index contributed by atoms with van der Waals surface area (Å²) in [5, 5.41) is 0. The Labute approximate surface area is 153 Å². The molecule has 1 saturated heterocycles. The van der Waals surface area contributed by atoms with E-state index in [1.54, 1.807) is 7.11 Å². The molecule has 6 nitrogen and oxygen atoms in total. The quantitative estimate of drug-likeness (QED) is 0.754. The molecule has 2 aliphatic rings. The Morgan fingerprint density at radius 3 is 2.85 bits per heavy atom. The zero-order valence-electron chi connectivity index (χ0n) is 15.3. The topological polar surface area (TPSA) is 53.3 Å². The Hall–Kier alpha value is -2.18. The van der Waals surface area contributed by atoms with E-state index < -0.39 is 0 Å². The Morgan fingerprint density at radius 2 is 2.12 bits per heavy atom. The summed E-state index contributed by atoms with van der Waals surface area (Å²) < 4.78 is 28.1. The fourth-order valence-corrected chi connectivity index (χ4v) is 3.59. The first kappa shape index (κ1) is 17.2. The van der Waals surface area contributed by atoms with Crippen LogP contribution >= 0.6 is 0 Å². The third-order valence-electron chi connectivity index (χ3n) is 4.79. The summed E-state index contributed by atoms with van der Waals surface area (Å²) in [6.07, 6.45) is 2.52. The molecule has 140 valence electrons. The number of hydrogen-bond acceptors (Lipinski definition) is 6. The van der Waals surface area contributed by atoms with E-state index in [2.05, 4.69) is 4.90 Å². The van der Waals surface area contributed by atoms with Gasteiger partial charge in [0.1, 0.15) is 11.5 Å². The minimum absolute atomic E-state index is 0.237. The first-order valence-corrected chi connectivity index (χ1v) is 9.07. The molecule has 3 heterocycles. The molecule has 6 heteroatoms. The number of rotatable bonds is 7. The zero-order chi connectivity index (χ0) is 17.9. The van der Waals surface area contributed by atoms with Gasteiger partial charge in [-0.2, -0.15) is 0 Å². The monoisotopic (exact) mass is 359 g/mol. The Kier molecular flexibility index (Phi) is 5.04. The van der Waals surface area contributed by atoms with Crippen LogP contribution in [-0.4, -0.2) is 38.1 Å². The van der Waals surface area contributed by atoms with Crippen LogP contribution in [0.1, 0.15) is 29.9 Å². The fraction of sp³-hybridized carbons (Fsp3) is 0.500. The largest absolute Gasteiger partial charge is 0.493 e. The highest BCUT2D eigenvalue weighted by Gasteiger charge is 2.23. The van der Waals surface area contributed by atoms with Gasteiger partial charge in [-0.1, -0.05) is 0 Å². The van der Waals surface area contributed by atoms with E-state index in [0.717, 1.165) is 61.9 Å². The van der Waals surface area contributed by atoms with Crippen molar-refractivity contribution in [2.24, 2.45) is 0 Å². The molecule has 1 atom stereocenters. The molecular weight excluding hydrogens is 334 g/mol. The van der Waals surface area contributed by atoms with E-state index in [4.69, 9.17) is 23.4 Å². The first-order valence-electron chi connectivity index (χ1n) is 9.07. The van der Waals surface area contributed by atoms with Crippen molar-refractivity contribution in [2.45, 2.75) is 39.0 Å². The summed E-state index contributed by atoms with van der Waals surface area (Å²) in [4.78, 5) is 2.35. The van der Waals surface area contributed by atoms with Gasteiger partial charge in [-0.3, -0.25) is 4.90 Å². The van der Waals surface area contributed by atoms with Crippen molar-refractivity contribution in [2.75, 3.05) is 27.1 Å². The first-order chi connectivity index (χ1) is 12.7. The standard InChI is InChI=1S/C20H25NO5/c1-14-5-6-17(26-14)12-21(11-16-4-3-7-23-16)10-15-8-18(22-2)20-19(9-15)24-13-25-20/h5-6,8-9,16H,3-4,7,10-13H2,1-2H3. The predicted octanol–water partition coefficient (Wildman–Crippen LogP) is 3.51. The molecule has 0 amide bonds. The number of fused-ring (bicyclic) bond motifs is 1. The molecule has 0 aliphatic carbocycles. The summed E-state index contributed by atoms with van der Waals surface area (Å²) in [7, 11) is 1.65. The van der Waals surface area contributed by atoms with Gasteiger partial charge in [0.25, 0.3) is 0 Å². The van der Waals surface area contributed by atoms with Crippen molar-refractivity contribution in [3.05, 3.63) is 41.3 Å². The van der Waals surface area contributed by atoms with Crippen LogP contribution in [0, 0.1) is 6.92 Å². The van der Waals surface area contributed by atoms with Crippen molar-refractivity contribution in [3.8, 4) is 17.2 Å². The fourth-order valence-electron chi connectivity index (χ4n) is 3.59.